The number of guanidine groups is 1. The van der Waals surface area contributed by atoms with E-state index in [0.29, 0.717) is 18.4 Å². The second-order valence-electron chi connectivity index (χ2n) is 6.84. The van der Waals surface area contributed by atoms with Gasteiger partial charge in [-0.15, -0.1) is 0 Å². The molecule has 23 heavy (non-hydrogen) atoms. The zero-order valence-electron chi connectivity index (χ0n) is 15.0. The van der Waals surface area contributed by atoms with Gasteiger partial charge in [-0.3, -0.25) is 9.79 Å². The highest BCUT2D eigenvalue weighted by Gasteiger charge is 2.37. The lowest BCUT2D eigenvalue weighted by molar-refractivity contribution is -0.145. The molecule has 2 heterocycles. The predicted octanol–water partition coefficient (Wildman–Crippen LogP) is 1.03. The highest BCUT2D eigenvalue weighted by atomic mass is 16.5. The van der Waals surface area contributed by atoms with Gasteiger partial charge in [-0.25, -0.2) is 0 Å². The number of piperidine rings is 1. The van der Waals surface area contributed by atoms with Crippen molar-refractivity contribution in [1.82, 2.24) is 15.1 Å². The van der Waals surface area contributed by atoms with Crippen LogP contribution in [0.5, 0.6) is 0 Å². The van der Waals surface area contributed by atoms with Gasteiger partial charge in [0, 0.05) is 33.2 Å². The minimum atomic E-state index is -0.110. The molecule has 6 nitrogen and oxygen atoms in total. The molecule has 0 radical (unpaired) electrons. The number of aliphatic imine (C=N–C) groups is 1. The summed E-state index contributed by atoms with van der Waals surface area (Å²) in [6.45, 7) is 10.4. The fourth-order valence-corrected chi connectivity index (χ4v) is 3.77. The molecule has 0 bridgehead atoms. The minimum Gasteiger partial charge on any atom is -0.469 e. The molecule has 3 unspecified atom stereocenters. The van der Waals surface area contributed by atoms with E-state index in [1.54, 1.807) is 0 Å². The summed E-state index contributed by atoms with van der Waals surface area (Å²) in [6, 6.07) is 0. The summed E-state index contributed by atoms with van der Waals surface area (Å²) in [5.74, 6) is 1.73. The number of hydrogen-bond acceptors (Lipinski definition) is 4. The molecule has 132 valence electrons. The van der Waals surface area contributed by atoms with Gasteiger partial charge in [0.1, 0.15) is 0 Å². The molecular formula is C17H32N4O2. The van der Waals surface area contributed by atoms with Crippen molar-refractivity contribution in [2.45, 2.75) is 26.7 Å². The summed E-state index contributed by atoms with van der Waals surface area (Å²) in [5, 5.41) is 3.52. The number of rotatable bonds is 4. The largest absolute Gasteiger partial charge is 0.469 e. The van der Waals surface area contributed by atoms with Crippen LogP contribution in [0.25, 0.3) is 0 Å². The van der Waals surface area contributed by atoms with Gasteiger partial charge in [0.2, 0.25) is 0 Å². The highest BCUT2D eigenvalue weighted by Crippen LogP contribution is 2.24. The average Bonchev–Trinajstić information content (AvgIpc) is 2.96. The molecule has 6 heteroatoms. The van der Waals surface area contributed by atoms with Crippen molar-refractivity contribution in [2.75, 3.05) is 53.4 Å². The Labute approximate surface area is 140 Å². The summed E-state index contributed by atoms with van der Waals surface area (Å²) in [5.41, 5.74) is 0. The SMILES string of the molecule is CCN1CCCC(CNC(=NC)N2CC(C)C(C(=O)OC)C2)C1. The Morgan fingerprint density at radius 3 is 2.78 bits per heavy atom. The molecule has 3 atom stereocenters. The van der Waals surface area contributed by atoms with Crippen molar-refractivity contribution in [2.24, 2.45) is 22.7 Å². The maximum Gasteiger partial charge on any atom is 0.310 e. The Morgan fingerprint density at radius 2 is 2.13 bits per heavy atom. The molecule has 0 amide bonds. The standard InChI is InChI=1S/C17H32N4O2/c1-5-20-8-6-7-14(11-20)9-19-17(18-3)21-10-13(2)15(12-21)16(22)23-4/h13-15H,5-12H2,1-4H3,(H,18,19). The van der Waals surface area contributed by atoms with Crippen LogP contribution in [-0.2, 0) is 9.53 Å². The van der Waals surface area contributed by atoms with E-state index in [9.17, 15) is 4.79 Å². The number of likely N-dealkylation sites (tertiary alicyclic amines) is 2. The quantitative estimate of drug-likeness (QED) is 0.476. The van der Waals surface area contributed by atoms with Crippen LogP contribution in [0, 0.1) is 17.8 Å². The number of carbonyl (C=O) groups is 1. The van der Waals surface area contributed by atoms with Crippen LogP contribution in [0.1, 0.15) is 26.7 Å². The fraction of sp³-hybridized carbons (Fsp3) is 0.882. The first-order chi connectivity index (χ1) is 11.1. The molecular weight excluding hydrogens is 292 g/mol. The normalized spacial score (nSPS) is 29.7. The first-order valence-corrected chi connectivity index (χ1v) is 8.84. The molecule has 2 saturated heterocycles. The van der Waals surface area contributed by atoms with E-state index in [1.165, 1.54) is 33.0 Å². The highest BCUT2D eigenvalue weighted by molar-refractivity contribution is 5.82. The van der Waals surface area contributed by atoms with Crippen molar-refractivity contribution < 1.29 is 9.53 Å². The Bertz CT molecular complexity index is 427. The van der Waals surface area contributed by atoms with E-state index in [0.717, 1.165) is 25.6 Å². The van der Waals surface area contributed by atoms with Crippen molar-refractivity contribution in [3.05, 3.63) is 0 Å². The predicted molar refractivity (Wildman–Crippen MR) is 92.4 cm³/mol. The average molecular weight is 324 g/mol. The molecule has 0 aromatic rings. The maximum atomic E-state index is 11.8. The molecule has 2 rings (SSSR count). The van der Waals surface area contributed by atoms with E-state index in [2.05, 4.69) is 34.0 Å². The van der Waals surface area contributed by atoms with Gasteiger partial charge in [0.05, 0.1) is 13.0 Å². The van der Waals surface area contributed by atoms with Gasteiger partial charge < -0.3 is 19.9 Å². The van der Waals surface area contributed by atoms with Gasteiger partial charge in [-0.05, 0) is 37.8 Å². The van der Waals surface area contributed by atoms with Crippen LogP contribution >= 0.6 is 0 Å². The van der Waals surface area contributed by atoms with Gasteiger partial charge in [0.25, 0.3) is 0 Å². The molecule has 0 aromatic heterocycles. The second kappa shape index (κ2) is 8.52. The Balaban J connectivity index is 1.85. The molecule has 2 aliphatic rings. The number of carbonyl (C=O) groups excluding carboxylic acids is 1. The molecule has 0 aromatic carbocycles. The summed E-state index contributed by atoms with van der Waals surface area (Å²) in [7, 11) is 3.28. The maximum absolute atomic E-state index is 11.8. The number of methoxy groups -OCH3 is 1. The number of nitrogens with one attached hydrogen (secondary N) is 1. The molecule has 2 aliphatic heterocycles. The third kappa shape index (κ3) is 4.59. The summed E-state index contributed by atoms with van der Waals surface area (Å²) >= 11 is 0. The Hall–Kier alpha value is -1.30. The van der Waals surface area contributed by atoms with Crippen molar-refractivity contribution in [3.63, 3.8) is 0 Å². The van der Waals surface area contributed by atoms with E-state index in [1.807, 2.05) is 7.05 Å². The van der Waals surface area contributed by atoms with Crippen molar-refractivity contribution in [1.29, 1.82) is 0 Å². The van der Waals surface area contributed by atoms with Crippen LogP contribution in [0.4, 0.5) is 0 Å². The van der Waals surface area contributed by atoms with Crippen LogP contribution in [0.2, 0.25) is 0 Å². The van der Waals surface area contributed by atoms with E-state index in [4.69, 9.17) is 4.74 Å². The van der Waals surface area contributed by atoms with Gasteiger partial charge >= 0.3 is 5.97 Å². The smallest absolute Gasteiger partial charge is 0.310 e. The molecule has 0 spiro atoms. The first-order valence-electron chi connectivity index (χ1n) is 8.84. The lowest BCUT2D eigenvalue weighted by Gasteiger charge is -2.33. The Kier molecular flexibility index (Phi) is 6.69. The number of ether oxygens (including phenoxy) is 1. The second-order valence-corrected chi connectivity index (χ2v) is 6.84. The minimum absolute atomic E-state index is 0.0520. The van der Waals surface area contributed by atoms with Gasteiger partial charge in [0.15, 0.2) is 5.96 Å². The van der Waals surface area contributed by atoms with E-state index in [-0.39, 0.29) is 11.9 Å². The van der Waals surface area contributed by atoms with Gasteiger partial charge in [-0.1, -0.05) is 13.8 Å². The molecule has 0 saturated carbocycles. The summed E-state index contributed by atoms with van der Waals surface area (Å²) in [6.07, 6.45) is 2.56. The fourth-order valence-electron chi connectivity index (χ4n) is 3.77. The lowest BCUT2D eigenvalue weighted by atomic mass is 9.98. The van der Waals surface area contributed by atoms with E-state index < -0.39 is 0 Å². The molecule has 2 fully saturated rings. The third-order valence-electron chi connectivity index (χ3n) is 5.23. The van der Waals surface area contributed by atoms with Gasteiger partial charge in [-0.2, -0.15) is 0 Å². The zero-order valence-corrected chi connectivity index (χ0v) is 15.0. The summed E-state index contributed by atoms with van der Waals surface area (Å²) in [4.78, 5) is 21.0. The number of hydrogen-bond donors (Lipinski definition) is 1. The van der Waals surface area contributed by atoms with E-state index >= 15 is 0 Å². The lowest BCUT2D eigenvalue weighted by Crippen LogP contribution is -2.45. The topological polar surface area (TPSA) is 57.2 Å². The molecule has 0 aliphatic carbocycles. The summed E-state index contributed by atoms with van der Waals surface area (Å²) < 4.78 is 4.91. The number of esters is 1. The molecule has 1 N–H and O–H groups in total. The Morgan fingerprint density at radius 1 is 1.35 bits per heavy atom. The first kappa shape index (κ1) is 18.0. The third-order valence-corrected chi connectivity index (χ3v) is 5.23. The zero-order chi connectivity index (χ0) is 16.8. The monoisotopic (exact) mass is 324 g/mol. The van der Waals surface area contributed by atoms with Crippen molar-refractivity contribution in [3.8, 4) is 0 Å². The number of nitrogens with zero attached hydrogens (tertiary/aromatic N) is 3. The van der Waals surface area contributed by atoms with Crippen LogP contribution in [0.3, 0.4) is 0 Å². The van der Waals surface area contributed by atoms with Crippen molar-refractivity contribution >= 4 is 11.9 Å². The van der Waals surface area contributed by atoms with Crippen LogP contribution in [0.15, 0.2) is 4.99 Å². The van der Waals surface area contributed by atoms with Crippen LogP contribution in [-0.4, -0.2) is 75.2 Å². The van der Waals surface area contributed by atoms with Crippen LogP contribution < -0.4 is 5.32 Å².